The van der Waals surface area contributed by atoms with Gasteiger partial charge in [0.05, 0.1) is 0 Å². The van der Waals surface area contributed by atoms with Gasteiger partial charge in [-0.2, -0.15) is 18.2 Å². The van der Waals surface area contributed by atoms with Crippen LogP contribution < -0.4 is 10.1 Å². The van der Waals surface area contributed by atoms with Crippen molar-refractivity contribution in [3.8, 4) is 6.01 Å². The van der Waals surface area contributed by atoms with Crippen molar-refractivity contribution in [1.29, 1.82) is 0 Å². The number of alkyl halides is 3. The van der Waals surface area contributed by atoms with E-state index in [9.17, 15) is 13.2 Å². The van der Waals surface area contributed by atoms with Crippen LogP contribution in [0.25, 0.3) is 0 Å². The molecule has 0 aliphatic rings. The summed E-state index contributed by atoms with van der Waals surface area (Å²) in [6.45, 7) is 4.10. The highest BCUT2D eigenvalue weighted by Gasteiger charge is 2.35. The highest BCUT2D eigenvalue weighted by molar-refractivity contribution is 5.64. The molecule has 0 radical (unpaired) electrons. The van der Waals surface area contributed by atoms with E-state index in [0.29, 0.717) is 5.69 Å². The van der Waals surface area contributed by atoms with E-state index in [4.69, 9.17) is 4.74 Å². The third-order valence-electron chi connectivity index (χ3n) is 4.12. The van der Waals surface area contributed by atoms with Gasteiger partial charge in [-0.25, -0.2) is 4.98 Å². The first kappa shape index (κ1) is 19.7. The van der Waals surface area contributed by atoms with Crippen LogP contribution in [0.5, 0.6) is 6.01 Å². The van der Waals surface area contributed by atoms with Crippen LogP contribution in [-0.4, -0.2) is 9.97 Å². The Labute approximate surface area is 161 Å². The Kier molecular flexibility index (Phi) is 5.82. The molecule has 0 fully saturated rings. The van der Waals surface area contributed by atoms with Crippen molar-refractivity contribution in [2.24, 2.45) is 0 Å². The van der Waals surface area contributed by atoms with Crippen LogP contribution in [0.3, 0.4) is 0 Å². The third kappa shape index (κ3) is 4.79. The van der Waals surface area contributed by atoms with Crippen LogP contribution in [0.2, 0.25) is 0 Å². The van der Waals surface area contributed by atoms with Crippen LogP contribution in [0.1, 0.15) is 36.5 Å². The molecule has 0 bridgehead atoms. The number of para-hydroxylation sites is 1. The average molecular weight is 387 g/mol. The molecule has 3 aromatic rings. The fourth-order valence-electron chi connectivity index (χ4n) is 2.70. The summed E-state index contributed by atoms with van der Waals surface area (Å²) in [5.74, 6) is -0.202. The van der Waals surface area contributed by atoms with E-state index in [1.165, 1.54) is 0 Å². The molecule has 7 heteroatoms. The minimum absolute atomic E-state index is 0.124. The number of halogens is 3. The fourth-order valence-corrected chi connectivity index (χ4v) is 2.70. The molecule has 1 aromatic heterocycles. The largest absolute Gasteiger partial charge is 0.459 e. The third-order valence-corrected chi connectivity index (χ3v) is 4.12. The van der Waals surface area contributed by atoms with E-state index < -0.39 is 11.7 Å². The number of nitrogens with zero attached hydrogens (tertiary/aromatic N) is 2. The van der Waals surface area contributed by atoms with E-state index >= 15 is 0 Å². The topological polar surface area (TPSA) is 47.0 Å². The summed E-state index contributed by atoms with van der Waals surface area (Å²) in [5, 5.41) is 2.82. The Bertz CT molecular complexity index is 928. The Morgan fingerprint density at radius 3 is 2.36 bits per heavy atom. The van der Waals surface area contributed by atoms with Crippen molar-refractivity contribution in [2.75, 3.05) is 5.32 Å². The van der Waals surface area contributed by atoms with Gasteiger partial charge in [0.1, 0.15) is 18.0 Å². The van der Waals surface area contributed by atoms with Crippen LogP contribution >= 0.6 is 0 Å². The van der Waals surface area contributed by atoms with Crippen LogP contribution in [-0.2, 0) is 12.8 Å². The SMILES string of the molecule is CC(C)c1ccccc1Nc1nc(OCc2ccccc2)ncc1C(F)(F)F. The van der Waals surface area contributed by atoms with Gasteiger partial charge in [0.15, 0.2) is 0 Å². The Morgan fingerprint density at radius 1 is 1.00 bits per heavy atom. The molecule has 4 nitrogen and oxygen atoms in total. The minimum atomic E-state index is -4.59. The molecule has 2 aromatic carbocycles. The Morgan fingerprint density at radius 2 is 1.68 bits per heavy atom. The van der Waals surface area contributed by atoms with Crippen LogP contribution in [0.4, 0.5) is 24.7 Å². The van der Waals surface area contributed by atoms with Crippen LogP contribution in [0, 0.1) is 0 Å². The standard InChI is InChI=1S/C21H20F3N3O/c1-14(2)16-10-6-7-11-18(16)26-19-17(21(22,23)24)12-25-20(27-19)28-13-15-8-4-3-5-9-15/h3-12,14H,13H2,1-2H3,(H,25,26,27). The van der Waals surface area contributed by atoms with Gasteiger partial charge in [0.25, 0.3) is 0 Å². The molecular weight excluding hydrogens is 367 g/mol. The predicted octanol–water partition coefficient (Wildman–Crippen LogP) is 5.94. The van der Waals surface area contributed by atoms with Gasteiger partial charge in [-0.05, 0) is 23.1 Å². The van der Waals surface area contributed by atoms with Crippen molar-refractivity contribution in [1.82, 2.24) is 9.97 Å². The summed E-state index contributed by atoms with van der Waals surface area (Å²) in [7, 11) is 0. The van der Waals surface area contributed by atoms with E-state index in [1.807, 2.05) is 56.3 Å². The molecule has 0 saturated carbocycles. The van der Waals surface area contributed by atoms with E-state index in [0.717, 1.165) is 17.3 Å². The van der Waals surface area contributed by atoms with Gasteiger partial charge in [0, 0.05) is 11.9 Å². The van der Waals surface area contributed by atoms with Gasteiger partial charge in [0.2, 0.25) is 0 Å². The van der Waals surface area contributed by atoms with Gasteiger partial charge < -0.3 is 10.1 Å². The molecule has 0 spiro atoms. The van der Waals surface area contributed by atoms with E-state index in [-0.39, 0.29) is 24.4 Å². The molecule has 0 amide bonds. The van der Waals surface area contributed by atoms with Crippen molar-refractivity contribution in [2.45, 2.75) is 32.5 Å². The quantitative estimate of drug-likeness (QED) is 0.568. The summed E-state index contributed by atoms with van der Waals surface area (Å²) in [4.78, 5) is 7.71. The summed E-state index contributed by atoms with van der Waals surface area (Å²) >= 11 is 0. The molecule has 0 aliphatic heterocycles. The van der Waals surface area contributed by atoms with Crippen molar-refractivity contribution >= 4 is 11.5 Å². The Balaban J connectivity index is 1.91. The average Bonchev–Trinajstić information content (AvgIpc) is 2.67. The number of aromatic nitrogens is 2. The first-order valence-electron chi connectivity index (χ1n) is 8.81. The molecule has 146 valence electrons. The lowest BCUT2D eigenvalue weighted by Crippen LogP contribution is -2.13. The molecule has 28 heavy (non-hydrogen) atoms. The summed E-state index contributed by atoms with van der Waals surface area (Å²) < 4.78 is 45.8. The van der Waals surface area contributed by atoms with E-state index in [1.54, 1.807) is 12.1 Å². The van der Waals surface area contributed by atoms with Gasteiger partial charge in [-0.15, -0.1) is 0 Å². The van der Waals surface area contributed by atoms with Crippen LogP contribution in [0.15, 0.2) is 60.8 Å². The maximum Gasteiger partial charge on any atom is 0.421 e. The van der Waals surface area contributed by atoms with Crippen molar-refractivity contribution < 1.29 is 17.9 Å². The number of anilines is 2. The lowest BCUT2D eigenvalue weighted by atomic mass is 10.0. The first-order valence-corrected chi connectivity index (χ1v) is 8.81. The molecule has 3 rings (SSSR count). The number of ether oxygens (including phenoxy) is 1. The Hall–Kier alpha value is -3.09. The second-order valence-electron chi connectivity index (χ2n) is 6.55. The fraction of sp³-hybridized carbons (Fsp3) is 0.238. The van der Waals surface area contributed by atoms with Gasteiger partial charge in [-0.1, -0.05) is 62.4 Å². The summed E-state index contributed by atoms with van der Waals surface area (Å²) in [6.07, 6.45) is -3.85. The van der Waals surface area contributed by atoms with Crippen molar-refractivity contribution in [3.63, 3.8) is 0 Å². The number of benzene rings is 2. The summed E-state index contributed by atoms with van der Waals surface area (Å²) in [6, 6.07) is 16.3. The maximum absolute atomic E-state index is 13.4. The predicted molar refractivity (Wildman–Crippen MR) is 102 cm³/mol. The maximum atomic E-state index is 13.4. The normalized spacial score (nSPS) is 11.5. The number of nitrogens with one attached hydrogen (secondary N) is 1. The second kappa shape index (κ2) is 8.29. The number of rotatable bonds is 6. The highest BCUT2D eigenvalue weighted by atomic mass is 19.4. The first-order chi connectivity index (χ1) is 13.3. The zero-order valence-corrected chi connectivity index (χ0v) is 15.5. The molecule has 1 N–H and O–H groups in total. The smallest absolute Gasteiger partial charge is 0.421 e. The van der Waals surface area contributed by atoms with Gasteiger partial charge >= 0.3 is 12.2 Å². The molecule has 0 unspecified atom stereocenters. The van der Waals surface area contributed by atoms with E-state index in [2.05, 4.69) is 15.3 Å². The monoisotopic (exact) mass is 387 g/mol. The molecule has 0 atom stereocenters. The summed E-state index contributed by atoms with van der Waals surface area (Å²) in [5.41, 5.74) is 1.38. The zero-order chi connectivity index (χ0) is 20.1. The molecule has 0 aliphatic carbocycles. The second-order valence-corrected chi connectivity index (χ2v) is 6.55. The molecule has 0 saturated heterocycles. The lowest BCUT2D eigenvalue weighted by molar-refractivity contribution is -0.137. The zero-order valence-electron chi connectivity index (χ0n) is 15.5. The number of hydrogen-bond acceptors (Lipinski definition) is 4. The molecular formula is C21H20F3N3O. The van der Waals surface area contributed by atoms with Gasteiger partial charge in [-0.3, -0.25) is 0 Å². The minimum Gasteiger partial charge on any atom is -0.459 e. The lowest BCUT2D eigenvalue weighted by Gasteiger charge is -2.17. The van der Waals surface area contributed by atoms with Crippen molar-refractivity contribution in [3.05, 3.63) is 77.5 Å². The molecule has 1 heterocycles. The highest BCUT2D eigenvalue weighted by Crippen LogP contribution is 2.36. The number of hydrogen-bond donors (Lipinski definition) is 1.